The highest BCUT2D eigenvalue weighted by molar-refractivity contribution is 6.08. The molecule has 3 rings (SSSR count). The van der Waals surface area contributed by atoms with E-state index in [-0.39, 0.29) is 11.9 Å². The van der Waals surface area contributed by atoms with Crippen molar-refractivity contribution in [2.75, 3.05) is 5.32 Å². The summed E-state index contributed by atoms with van der Waals surface area (Å²) in [4.78, 5) is 17.0. The first kappa shape index (κ1) is 15.0. The number of aryl methyl sites for hydroxylation is 1. The van der Waals surface area contributed by atoms with Crippen molar-refractivity contribution in [3.63, 3.8) is 0 Å². The number of amides is 1. The molecule has 118 valence electrons. The topological polar surface area (TPSA) is 64.7 Å². The zero-order valence-electron chi connectivity index (χ0n) is 13.4. The number of carbonyl (C=O) groups excluding carboxylic acids is 1. The van der Waals surface area contributed by atoms with E-state index in [9.17, 15) is 4.79 Å². The third-order valence-electron chi connectivity index (χ3n) is 3.62. The lowest BCUT2D eigenvalue weighted by Gasteiger charge is -2.09. The van der Waals surface area contributed by atoms with E-state index in [1.54, 1.807) is 23.1 Å². The standard InChI is InChI=1S/C17H19N5O/c1-12(2)22-11-13(10-19-22)20-17(23)15-7-5-4-6-14(15)16-18-8-9-21(16)3/h4-12H,1-3H3,(H,20,23). The second-order valence-electron chi connectivity index (χ2n) is 5.66. The van der Waals surface area contributed by atoms with E-state index >= 15 is 0 Å². The van der Waals surface area contributed by atoms with Crippen molar-refractivity contribution >= 4 is 11.6 Å². The minimum absolute atomic E-state index is 0.174. The minimum atomic E-state index is -0.174. The monoisotopic (exact) mass is 309 g/mol. The van der Waals surface area contributed by atoms with Gasteiger partial charge in [-0.25, -0.2) is 4.98 Å². The van der Waals surface area contributed by atoms with Crippen LogP contribution in [0.15, 0.2) is 49.1 Å². The molecule has 0 bridgehead atoms. The van der Waals surface area contributed by atoms with Crippen LogP contribution in [0.1, 0.15) is 30.2 Å². The number of nitrogens with one attached hydrogen (secondary N) is 1. The van der Waals surface area contributed by atoms with Crippen molar-refractivity contribution in [2.45, 2.75) is 19.9 Å². The molecule has 6 nitrogen and oxygen atoms in total. The average molecular weight is 309 g/mol. The summed E-state index contributed by atoms with van der Waals surface area (Å²) in [6.07, 6.45) is 7.06. The Bertz CT molecular complexity index is 831. The van der Waals surface area contributed by atoms with Gasteiger partial charge in [0.05, 0.1) is 17.4 Å². The van der Waals surface area contributed by atoms with Crippen molar-refractivity contribution < 1.29 is 4.79 Å². The smallest absolute Gasteiger partial charge is 0.256 e. The Labute approximate surface area is 134 Å². The van der Waals surface area contributed by atoms with Gasteiger partial charge in [-0.15, -0.1) is 0 Å². The molecule has 0 radical (unpaired) electrons. The van der Waals surface area contributed by atoms with E-state index in [1.807, 2.05) is 56.1 Å². The number of benzene rings is 1. The molecule has 0 saturated heterocycles. The summed E-state index contributed by atoms with van der Waals surface area (Å²) in [5.41, 5.74) is 2.06. The molecular formula is C17H19N5O. The summed E-state index contributed by atoms with van der Waals surface area (Å²) in [6, 6.07) is 7.69. The largest absolute Gasteiger partial charge is 0.334 e. The van der Waals surface area contributed by atoms with Crippen LogP contribution < -0.4 is 5.32 Å². The van der Waals surface area contributed by atoms with Crippen molar-refractivity contribution in [3.8, 4) is 11.4 Å². The Morgan fingerprint density at radius 3 is 2.70 bits per heavy atom. The molecule has 0 fully saturated rings. The van der Waals surface area contributed by atoms with E-state index in [0.717, 1.165) is 11.4 Å². The minimum Gasteiger partial charge on any atom is -0.334 e. The summed E-state index contributed by atoms with van der Waals surface area (Å²) in [5.74, 6) is 0.584. The number of rotatable bonds is 4. The SMILES string of the molecule is CC(C)n1cc(NC(=O)c2ccccc2-c2nccn2C)cn1. The molecule has 3 aromatic rings. The fourth-order valence-corrected chi connectivity index (χ4v) is 2.38. The zero-order valence-corrected chi connectivity index (χ0v) is 13.4. The maximum absolute atomic E-state index is 12.6. The summed E-state index contributed by atoms with van der Waals surface area (Å²) >= 11 is 0. The molecule has 0 unspecified atom stereocenters. The van der Waals surface area contributed by atoms with E-state index in [1.165, 1.54) is 0 Å². The van der Waals surface area contributed by atoms with E-state index in [4.69, 9.17) is 0 Å². The molecule has 2 aromatic heterocycles. The maximum Gasteiger partial charge on any atom is 0.256 e. The highest BCUT2D eigenvalue weighted by Crippen LogP contribution is 2.22. The van der Waals surface area contributed by atoms with Crippen molar-refractivity contribution in [1.82, 2.24) is 19.3 Å². The molecule has 2 heterocycles. The van der Waals surface area contributed by atoms with Gasteiger partial charge < -0.3 is 9.88 Å². The van der Waals surface area contributed by atoms with Crippen LogP contribution in [-0.2, 0) is 7.05 Å². The van der Waals surface area contributed by atoms with Gasteiger partial charge in [0.1, 0.15) is 5.82 Å². The number of hydrogen-bond acceptors (Lipinski definition) is 3. The zero-order chi connectivity index (χ0) is 16.4. The number of hydrogen-bond donors (Lipinski definition) is 1. The summed E-state index contributed by atoms with van der Waals surface area (Å²) in [5, 5.41) is 7.13. The Hall–Kier alpha value is -2.89. The van der Waals surface area contributed by atoms with Crippen LogP contribution in [0.3, 0.4) is 0 Å². The Kier molecular flexibility index (Phi) is 3.97. The van der Waals surface area contributed by atoms with Gasteiger partial charge in [0.25, 0.3) is 5.91 Å². The van der Waals surface area contributed by atoms with Gasteiger partial charge in [0.2, 0.25) is 0 Å². The lowest BCUT2D eigenvalue weighted by atomic mass is 10.1. The van der Waals surface area contributed by atoms with Gasteiger partial charge in [-0.3, -0.25) is 9.48 Å². The van der Waals surface area contributed by atoms with Crippen LogP contribution in [0, 0.1) is 0 Å². The second-order valence-corrected chi connectivity index (χ2v) is 5.66. The van der Waals surface area contributed by atoms with Crippen LogP contribution in [0.2, 0.25) is 0 Å². The van der Waals surface area contributed by atoms with Crippen molar-refractivity contribution in [1.29, 1.82) is 0 Å². The Morgan fingerprint density at radius 2 is 2.04 bits per heavy atom. The molecule has 23 heavy (non-hydrogen) atoms. The highest BCUT2D eigenvalue weighted by Gasteiger charge is 2.16. The summed E-state index contributed by atoms with van der Waals surface area (Å²) in [7, 11) is 1.91. The number of nitrogens with zero attached hydrogens (tertiary/aromatic N) is 4. The lowest BCUT2D eigenvalue weighted by Crippen LogP contribution is -2.13. The molecule has 1 aromatic carbocycles. The van der Waals surface area contributed by atoms with Gasteiger partial charge in [-0.2, -0.15) is 5.10 Å². The first-order valence-corrected chi connectivity index (χ1v) is 7.48. The molecule has 0 aliphatic rings. The molecular weight excluding hydrogens is 290 g/mol. The highest BCUT2D eigenvalue weighted by atomic mass is 16.1. The normalized spacial score (nSPS) is 11.0. The first-order valence-electron chi connectivity index (χ1n) is 7.48. The number of imidazole rings is 1. The molecule has 0 atom stereocenters. The number of aromatic nitrogens is 4. The van der Waals surface area contributed by atoms with Crippen LogP contribution in [0.4, 0.5) is 5.69 Å². The average Bonchev–Trinajstić information content (AvgIpc) is 3.16. The first-order chi connectivity index (χ1) is 11.1. The van der Waals surface area contributed by atoms with E-state index in [2.05, 4.69) is 15.4 Å². The third kappa shape index (κ3) is 3.01. The lowest BCUT2D eigenvalue weighted by molar-refractivity contribution is 0.102. The van der Waals surface area contributed by atoms with Crippen LogP contribution in [-0.4, -0.2) is 25.2 Å². The Morgan fingerprint density at radius 1 is 1.26 bits per heavy atom. The Balaban J connectivity index is 1.89. The molecule has 1 amide bonds. The summed E-state index contributed by atoms with van der Waals surface area (Å²) < 4.78 is 3.70. The van der Waals surface area contributed by atoms with Crippen LogP contribution >= 0.6 is 0 Å². The molecule has 1 N–H and O–H groups in total. The molecule has 0 saturated carbocycles. The van der Waals surface area contributed by atoms with Crippen LogP contribution in [0.5, 0.6) is 0 Å². The van der Waals surface area contributed by atoms with Gasteiger partial charge in [0, 0.05) is 37.2 Å². The molecule has 0 aliphatic heterocycles. The van der Waals surface area contributed by atoms with Crippen molar-refractivity contribution in [3.05, 3.63) is 54.6 Å². The second kappa shape index (κ2) is 6.08. The predicted molar refractivity (Wildman–Crippen MR) is 89.2 cm³/mol. The number of anilines is 1. The van der Waals surface area contributed by atoms with Gasteiger partial charge >= 0.3 is 0 Å². The predicted octanol–water partition coefficient (Wildman–Crippen LogP) is 3.12. The van der Waals surface area contributed by atoms with Crippen molar-refractivity contribution in [2.24, 2.45) is 7.05 Å². The van der Waals surface area contributed by atoms with E-state index < -0.39 is 0 Å². The molecule has 6 heteroatoms. The fraction of sp³-hybridized carbons (Fsp3) is 0.235. The van der Waals surface area contributed by atoms with E-state index in [0.29, 0.717) is 11.3 Å². The number of carbonyl (C=O) groups is 1. The van der Waals surface area contributed by atoms with Gasteiger partial charge in [0.15, 0.2) is 0 Å². The van der Waals surface area contributed by atoms with Gasteiger partial charge in [-0.1, -0.05) is 18.2 Å². The van der Waals surface area contributed by atoms with Crippen LogP contribution in [0.25, 0.3) is 11.4 Å². The molecule has 0 aliphatic carbocycles. The fourth-order valence-electron chi connectivity index (χ4n) is 2.38. The molecule has 0 spiro atoms. The summed E-state index contributed by atoms with van der Waals surface area (Å²) in [6.45, 7) is 4.07. The third-order valence-corrected chi connectivity index (χ3v) is 3.62. The maximum atomic E-state index is 12.6. The van der Waals surface area contributed by atoms with Gasteiger partial charge in [-0.05, 0) is 19.9 Å². The quantitative estimate of drug-likeness (QED) is 0.805.